The number of aliphatic hydroxyl groups excluding tert-OH is 17. The molecule has 0 aromatic rings. The van der Waals surface area contributed by atoms with Crippen molar-refractivity contribution in [3.8, 4) is 0 Å². The number of ether oxygens (including phenoxy) is 11. The van der Waals surface area contributed by atoms with Crippen LogP contribution in [0, 0.1) is 52.3 Å². The molecule has 31 unspecified atom stereocenters. The molecule has 37 atom stereocenters. The quantitative estimate of drug-likeness (QED) is 0.0568. The molecule has 6 aliphatic heterocycles. The third kappa shape index (κ3) is 12.3. The number of fused-ring (bicyclic) bond motifs is 7. The maximum Gasteiger partial charge on any atom is 0.187 e. The van der Waals surface area contributed by atoms with Gasteiger partial charge in [-0.3, -0.25) is 0 Å². The Kier molecular flexibility index (Phi) is 20.8. The first-order valence-corrected chi connectivity index (χ1v) is 30.4. The van der Waals surface area contributed by atoms with Gasteiger partial charge in [-0.25, -0.2) is 0 Å². The van der Waals surface area contributed by atoms with E-state index in [-0.39, 0.29) is 53.1 Å². The lowest BCUT2D eigenvalue weighted by atomic mass is 9.44. The largest absolute Gasteiger partial charge is 0.394 e. The molecule has 4 aliphatic carbocycles. The second-order valence-electron chi connectivity index (χ2n) is 26.8. The minimum absolute atomic E-state index is 0.0808. The van der Waals surface area contributed by atoms with Gasteiger partial charge in [-0.1, -0.05) is 27.7 Å². The van der Waals surface area contributed by atoms with Gasteiger partial charge in [0.05, 0.1) is 58.0 Å². The Morgan fingerprint density at radius 1 is 0.518 bits per heavy atom. The van der Waals surface area contributed by atoms with Crippen LogP contribution in [0.15, 0.2) is 0 Å². The molecular formula is C56H94O29. The molecule has 29 nitrogen and oxygen atoms in total. The van der Waals surface area contributed by atoms with Crippen molar-refractivity contribution in [2.24, 2.45) is 52.3 Å². The van der Waals surface area contributed by atoms with Crippen molar-refractivity contribution < 1.29 is 144 Å². The fraction of sp³-hybridized carbons (Fsp3) is 1.00. The highest BCUT2D eigenvalue weighted by molar-refractivity contribution is 5.16. The molecule has 4 saturated carbocycles. The fourth-order valence-corrected chi connectivity index (χ4v) is 16.9. The lowest BCUT2D eigenvalue weighted by molar-refractivity contribution is -0.404. The Balaban J connectivity index is 0.771. The predicted molar refractivity (Wildman–Crippen MR) is 280 cm³/mol. The zero-order valence-electron chi connectivity index (χ0n) is 48.3. The van der Waals surface area contributed by atoms with Crippen molar-refractivity contribution in [3.63, 3.8) is 0 Å². The molecule has 10 aliphatic rings. The van der Waals surface area contributed by atoms with Crippen molar-refractivity contribution in [1.29, 1.82) is 0 Å². The van der Waals surface area contributed by atoms with E-state index in [0.29, 0.717) is 37.5 Å². The average Bonchev–Trinajstić information content (AvgIpc) is 1.73. The van der Waals surface area contributed by atoms with Crippen molar-refractivity contribution in [3.05, 3.63) is 0 Å². The molecule has 10 fully saturated rings. The Morgan fingerprint density at radius 2 is 1.07 bits per heavy atom. The minimum Gasteiger partial charge on any atom is -0.394 e. The van der Waals surface area contributed by atoms with Gasteiger partial charge in [0, 0.05) is 12.3 Å². The third-order valence-electron chi connectivity index (χ3n) is 21.8. The van der Waals surface area contributed by atoms with Crippen LogP contribution in [0.2, 0.25) is 0 Å². The van der Waals surface area contributed by atoms with E-state index in [2.05, 4.69) is 20.8 Å². The Morgan fingerprint density at radius 3 is 1.73 bits per heavy atom. The van der Waals surface area contributed by atoms with E-state index in [9.17, 15) is 91.9 Å². The summed E-state index contributed by atoms with van der Waals surface area (Å²) in [6, 6.07) is 0. The molecule has 0 radical (unpaired) electrons. The molecular weight excluding hydrogens is 1140 g/mol. The van der Waals surface area contributed by atoms with Gasteiger partial charge in [-0.2, -0.15) is 0 Å². The van der Waals surface area contributed by atoms with Gasteiger partial charge < -0.3 is 144 Å². The van der Waals surface area contributed by atoms with E-state index in [1.54, 1.807) is 0 Å². The average molecular weight is 1230 g/mol. The molecule has 10 rings (SSSR count). The maximum absolute atomic E-state index is 12.1. The van der Waals surface area contributed by atoms with Crippen LogP contribution < -0.4 is 0 Å². The maximum atomic E-state index is 12.1. The monoisotopic (exact) mass is 1230 g/mol. The summed E-state index contributed by atoms with van der Waals surface area (Å²) < 4.78 is 65.5. The van der Waals surface area contributed by atoms with Crippen molar-refractivity contribution in [1.82, 2.24) is 0 Å². The van der Waals surface area contributed by atoms with Gasteiger partial charge >= 0.3 is 0 Å². The second kappa shape index (κ2) is 26.4. The summed E-state index contributed by atoms with van der Waals surface area (Å²) in [6.45, 7) is 4.91. The fourth-order valence-electron chi connectivity index (χ4n) is 16.9. The van der Waals surface area contributed by atoms with Gasteiger partial charge in [-0.05, 0) is 97.7 Å². The van der Waals surface area contributed by atoms with Crippen molar-refractivity contribution in [2.45, 2.75) is 257 Å². The minimum atomic E-state index is -2.05. The summed E-state index contributed by atoms with van der Waals surface area (Å²) in [4.78, 5) is 0. The third-order valence-corrected chi connectivity index (χ3v) is 21.8. The molecule has 6 heterocycles. The van der Waals surface area contributed by atoms with E-state index in [1.807, 2.05) is 6.92 Å². The Bertz CT molecular complexity index is 2170. The van der Waals surface area contributed by atoms with Gasteiger partial charge in [-0.15, -0.1) is 0 Å². The molecule has 0 aromatic carbocycles. The van der Waals surface area contributed by atoms with E-state index in [0.717, 1.165) is 32.1 Å². The van der Waals surface area contributed by atoms with Crippen LogP contribution >= 0.6 is 0 Å². The highest BCUT2D eigenvalue weighted by Gasteiger charge is 2.69. The first-order chi connectivity index (χ1) is 40.2. The molecule has 0 bridgehead atoms. The molecule has 492 valence electrons. The topological polar surface area (TPSA) is 466 Å². The molecule has 0 aromatic heterocycles. The molecule has 6 saturated heterocycles. The van der Waals surface area contributed by atoms with Crippen LogP contribution in [0.1, 0.15) is 85.5 Å². The van der Waals surface area contributed by atoms with E-state index < -0.39 is 198 Å². The predicted octanol–water partition coefficient (Wildman–Crippen LogP) is -6.52. The number of aliphatic hydroxyl groups is 18. The summed E-state index contributed by atoms with van der Waals surface area (Å²) in [5.41, 5.74) is -0.434. The second-order valence-corrected chi connectivity index (χ2v) is 26.8. The first-order valence-electron chi connectivity index (χ1n) is 30.4. The van der Waals surface area contributed by atoms with Gasteiger partial charge in [0.15, 0.2) is 37.2 Å². The summed E-state index contributed by atoms with van der Waals surface area (Å²) in [7, 11) is 0. The molecule has 18 N–H and O–H groups in total. The number of hydrogen-bond acceptors (Lipinski definition) is 29. The molecule has 29 heteroatoms. The van der Waals surface area contributed by atoms with Gasteiger partial charge in [0.1, 0.15) is 116 Å². The Hall–Kier alpha value is -1.16. The summed E-state index contributed by atoms with van der Waals surface area (Å²) in [5.74, 6) is -0.636. The van der Waals surface area contributed by atoms with E-state index in [1.165, 1.54) is 0 Å². The first kappa shape index (κ1) is 66.8. The highest BCUT2D eigenvalue weighted by atomic mass is 16.8. The normalized spacial score (nSPS) is 55.8. The highest BCUT2D eigenvalue weighted by Crippen LogP contribution is 2.71. The summed E-state index contributed by atoms with van der Waals surface area (Å²) in [6.07, 6.45) is -37.5. The molecule has 0 amide bonds. The van der Waals surface area contributed by atoms with Crippen LogP contribution in [0.4, 0.5) is 0 Å². The molecule has 0 spiro atoms. The van der Waals surface area contributed by atoms with Gasteiger partial charge in [0.2, 0.25) is 0 Å². The lowest BCUT2D eigenvalue weighted by Gasteiger charge is -2.62. The number of hydrogen-bond donors (Lipinski definition) is 18. The smallest absolute Gasteiger partial charge is 0.187 e. The lowest BCUT2D eigenvalue weighted by Crippen LogP contribution is -2.68. The van der Waals surface area contributed by atoms with Crippen molar-refractivity contribution in [2.75, 3.05) is 39.6 Å². The van der Waals surface area contributed by atoms with Gasteiger partial charge in [0.25, 0.3) is 0 Å². The Labute approximate surface area is 491 Å². The van der Waals surface area contributed by atoms with Crippen LogP contribution in [-0.2, 0) is 52.1 Å². The van der Waals surface area contributed by atoms with Crippen LogP contribution in [0.3, 0.4) is 0 Å². The SMILES string of the molecule is CC(CC[C@@]1(O)OC2C[C@H]3[C@@H]4CC[C@H]5CC(OC6OC(CO)C(OC7OC(CO)C(O)C(OC8OCC(O)C(O)C8O)C7OC7OC(CO)C(O)C(O)C7O)C(O)C6O)[C@H](O)CC5(C)[C@H]4CCC3(C)C2C1C)COC1OC(CO)C(O)C(O)C1O. The zero-order valence-corrected chi connectivity index (χ0v) is 48.3. The van der Waals surface area contributed by atoms with Crippen LogP contribution in [0.25, 0.3) is 0 Å². The van der Waals surface area contributed by atoms with Crippen molar-refractivity contribution >= 4 is 0 Å². The van der Waals surface area contributed by atoms with Crippen LogP contribution in [0.5, 0.6) is 0 Å². The standard InChI is InChI=1S/C56H94O29/c1-20(18-75-49-43(71)39(67)36(64)30(14-57)78-49)7-10-56(74)21(2)34-29(85-56)12-25-23-6-5-22-11-28(26(61)13-55(22,4)24(23)8-9-54(25,34)3)77-51-45(73)41(69)46(33(17-60)81-51)82-53-48(84-52-44(72)40(68)37(65)31(15-58)79-52)47(38(66)32(16-59)80-53)83-50-42(70)35(63)27(62)19-76-50/h20-53,57-74H,5-19H2,1-4H3/t20?,21?,22-,23+,24-,25-,26+,27?,28?,29?,30?,31?,32?,33?,34?,35?,36?,37?,38?,39?,40?,41?,42?,43?,44?,45?,46?,47?,48?,49?,50?,51?,52?,53?,54?,55?,56+/m0/s1. The number of rotatable bonds is 18. The van der Waals surface area contributed by atoms with E-state index >= 15 is 0 Å². The van der Waals surface area contributed by atoms with Crippen LogP contribution in [-0.4, -0.2) is 303 Å². The summed E-state index contributed by atoms with van der Waals surface area (Å²) in [5, 5.41) is 194. The van der Waals surface area contributed by atoms with E-state index in [4.69, 9.17) is 52.1 Å². The zero-order chi connectivity index (χ0) is 61.5. The molecule has 85 heavy (non-hydrogen) atoms. The summed E-state index contributed by atoms with van der Waals surface area (Å²) >= 11 is 0.